The van der Waals surface area contributed by atoms with Crippen LogP contribution in [-0.4, -0.2) is 17.2 Å². The Morgan fingerprint density at radius 2 is 1.84 bits per heavy atom. The third-order valence-electron chi connectivity index (χ3n) is 4.86. The minimum Gasteiger partial charge on any atom is -0.376 e. The van der Waals surface area contributed by atoms with Gasteiger partial charge in [0.25, 0.3) is 0 Å². The topological polar surface area (TPSA) is 26.3 Å². The Labute approximate surface area is 162 Å². The highest BCUT2D eigenvalue weighted by atomic mass is 79.9. The summed E-state index contributed by atoms with van der Waals surface area (Å²) in [5.74, 6) is 0.598. The van der Waals surface area contributed by atoms with Gasteiger partial charge in [0.15, 0.2) is 0 Å². The van der Waals surface area contributed by atoms with Crippen molar-refractivity contribution in [2.75, 3.05) is 6.61 Å². The summed E-state index contributed by atoms with van der Waals surface area (Å²) >= 11 is 9.77. The maximum absolute atomic E-state index is 12.4. The van der Waals surface area contributed by atoms with Gasteiger partial charge in [0.1, 0.15) is 5.78 Å². The maximum atomic E-state index is 12.4. The first kappa shape index (κ1) is 18.6. The van der Waals surface area contributed by atoms with Crippen LogP contribution >= 0.6 is 27.5 Å². The third-order valence-corrected chi connectivity index (χ3v) is 6.09. The second-order valence-corrected chi connectivity index (χ2v) is 8.24. The van der Waals surface area contributed by atoms with Crippen LogP contribution < -0.4 is 0 Å². The van der Waals surface area contributed by atoms with E-state index >= 15 is 0 Å². The lowest BCUT2D eigenvalue weighted by Crippen LogP contribution is -2.23. The first-order chi connectivity index (χ1) is 12.1. The molecular formula is C21H22BrClO2. The Morgan fingerprint density at radius 1 is 1.08 bits per heavy atom. The van der Waals surface area contributed by atoms with Gasteiger partial charge in [0.2, 0.25) is 0 Å². The normalized spacial score (nSPS) is 23.1. The van der Waals surface area contributed by atoms with Crippen molar-refractivity contribution in [1.29, 1.82) is 0 Å². The van der Waals surface area contributed by atoms with Gasteiger partial charge in [-0.1, -0.05) is 70.0 Å². The number of hydrogen-bond donors (Lipinski definition) is 0. The molecule has 1 aliphatic carbocycles. The molecule has 0 spiro atoms. The number of aryl methyl sites for hydroxylation is 1. The van der Waals surface area contributed by atoms with E-state index in [0.29, 0.717) is 31.3 Å². The molecule has 0 heterocycles. The predicted molar refractivity (Wildman–Crippen MR) is 105 cm³/mol. The van der Waals surface area contributed by atoms with Gasteiger partial charge in [-0.2, -0.15) is 0 Å². The fraction of sp³-hybridized carbons (Fsp3) is 0.381. The molecule has 0 N–H and O–H groups in total. The molecule has 0 amide bonds. The smallest absolute Gasteiger partial charge is 0.139 e. The van der Waals surface area contributed by atoms with E-state index in [0.717, 1.165) is 23.4 Å². The van der Waals surface area contributed by atoms with Gasteiger partial charge in [0.05, 0.1) is 13.2 Å². The lowest BCUT2D eigenvalue weighted by atomic mass is 9.90. The van der Waals surface area contributed by atoms with E-state index < -0.39 is 0 Å². The summed E-state index contributed by atoms with van der Waals surface area (Å²) < 4.78 is 5.86. The fourth-order valence-electron chi connectivity index (χ4n) is 3.49. The highest BCUT2D eigenvalue weighted by molar-refractivity contribution is 9.09. The van der Waals surface area contributed by atoms with Crippen LogP contribution in [-0.2, 0) is 22.6 Å². The summed E-state index contributed by atoms with van der Waals surface area (Å²) in [5.41, 5.74) is 2.36. The van der Waals surface area contributed by atoms with E-state index in [9.17, 15) is 4.79 Å². The number of benzene rings is 2. The number of carbonyl (C=O) groups excluding carboxylic acids is 1. The zero-order valence-electron chi connectivity index (χ0n) is 14.0. The van der Waals surface area contributed by atoms with Crippen molar-refractivity contribution in [3.63, 3.8) is 0 Å². The number of Topliss-reactive ketones (excluding diaryl/α,β-unsaturated/α-hetero) is 1. The Kier molecular flexibility index (Phi) is 6.69. The van der Waals surface area contributed by atoms with Crippen molar-refractivity contribution in [2.45, 2.75) is 30.7 Å². The largest absolute Gasteiger partial charge is 0.376 e. The van der Waals surface area contributed by atoms with Crippen molar-refractivity contribution < 1.29 is 9.53 Å². The monoisotopic (exact) mass is 420 g/mol. The summed E-state index contributed by atoms with van der Waals surface area (Å²) in [6.45, 7) is 1.05. The SMILES string of the molecule is O=C1CC(Br)[C@H](CCc2cccc(Cl)c2)[C@H]1COCc1ccccc1. The Balaban J connectivity index is 1.55. The Bertz CT molecular complexity index is 704. The van der Waals surface area contributed by atoms with E-state index in [1.165, 1.54) is 5.56 Å². The van der Waals surface area contributed by atoms with Crippen molar-refractivity contribution in [1.82, 2.24) is 0 Å². The minimum atomic E-state index is -0.0210. The van der Waals surface area contributed by atoms with Crippen molar-refractivity contribution in [3.8, 4) is 0 Å². The van der Waals surface area contributed by atoms with E-state index in [4.69, 9.17) is 16.3 Å². The molecule has 0 bridgehead atoms. The molecular weight excluding hydrogens is 400 g/mol. The maximum Gasteiger partial charge on any atom is 0.139 e. The Morgan fingerprint density at radius 3 is 2.60 bits per heavy atom. The second-order valence-electron chi connectivity index (χ2n) is 6.63. The van der Waals surface area contributed by atoms with E-state index in [1.807, 2.05) is 48.5 Å². The van der Waals surface area contributed by atoms with Gasteiger partial charge in [-0.15, -0.1) is 0 Å². The average Bonchev–Trinajstić information content (AvgIpc) is 2.87. The molecule has 2 aromatic rings. The number of hydrogen-bond acceptors (Lipinski definition) is 2. The van der Waals surface area contributed by atoms with E-state index in [-0.39, 0.29) is 10.7 Å². The summed E-state index contributed by atoms with van der Waals surface area (Å²) in [7, 11) is 0. The number of alkyl halides is 1. The van der Waals surface area contributed by atoms with Gasteiger partial charge in [0, 0.05) is 22.2 Å². The molecule has 132 valence electrons. The summed E-state index contributed by atoms with van der Waals surface area (Å²) in [6.07, 6.45) is 2.48. The van der Waals surface area contributed by atoms with Gasteiger partial charge >= 0.3 is 0 Å². The molecule has 3 atom stereocenters. The predicted octanol–water partition coefficient (Wildman–Crippen LogP) is 5.46. The lowest BCUT2D eigenvalue weighted by Gasteiger charge is -2.21. The third kappa shape index (κ3) is 5.16. The molecule has 1 unspecified atom stereocenters. The number of carbonyl (C=O) groups is 1. The summed E-state index contributed by atoms with van der Waals surface area (Å²) in [6, 6.07) is 18.0. The van der Waals surface area contributed by atoms with Crippen molar-refractivity contribution in [3.05, 3.63) is 70.7 Å². The summed E-state index contributed by atoms with van der Waals surface area (Å²) in [4.78, 5) is 12.6. The number of halogens is 2. The van der Waals surface area contributed by atoms with Crippen molar-refractivity contribution >= 4 is 33.3 Å². The van der Waals surface area contributed by atoms with Crippen LogP contribution in [0.5, 0.6) is 0 Å². The van der Waals surface area contributed by atoms with Gasteiger partial charge < -0.3 is 4.74 Å². The molecule has 1 aliphatic rings. The molecule has 4 heteroatoms. The molecule has 2 nitrogen and oxygen atoms in total. The van der Waals surface area contributed by atoms with Crippen LogP contribution in [0.25, 0.3) is 0 Å². The van der Waals surface area contributed by atoms with Crippen molar-refractivity contribution in [2.24, 2.45) is 11.8 Å². The van der Waals surface area contributed by atoms with Gasteiger partial charge in [-0.25, -0.2) is 0 Å². The fourth-order valence-corrected chi connectivity index (χ4v) is 4.65. The number of ether oxygens (including phenoxy) is 1. The molecule has 0 aromatic heterocycles. The second kappa shape index (κ2) is 8.98. The van der Waals surface area contributed by atoms with Crippen LogP contribution in [0.4, 0.5) is 0 Å². The molecule has 1 saturated carbocycles. The standard InChI is InChI=1S/C21H22BrClO2/c22-20-12-21(24)19(14-25-13-16-5-2-1-3-6-16)18(20)10-9-15-7-4-8-17(23)11-15/h1-8,11,18-20H,9-10,12-14H2/t18-,19-,20?/m1/s1. The quantitative estimate of drug-likeness (QED) is 0.555. The highest BCUT2D eigenvalue weighted by Gasteiger charge is 2.40. The van der Waals surface area contributed by atoms with Crippen LogP contribution in [0.3, 0.4) is 0 Å². The average molecular weight is 422 g/mol. The zero-order chi connectivity index (χ0) is 17.6. The van der Waals surface area contributed by atoms with E-state index in [2.05, 4.69) is 22.0 Å². The number of rotatable bonds is 7. The molecule has 0 aliphatic heterocycles. The number of ketones is 1. The molecule has 1 fully saturated rings. The minimum absolute atomic E-state index is 0.0210. The molecule has 2 aromatic carbocycles. The first-order valence-corrected chi connectivity index (χ1v) is 9.96. The van der Waals surface area contributed by atoms with Gasteiger partial charge in [-0.3, -0.25) is 4.79 Å². The zero-order valence-corrected chi connectivity index (χ0v) is 16.4. The van der Waals surface area contributed by atoms with Gasteiger partial charge in [-0.05, 0) is 42.0 Å². The van der Waals surface area contributed by atoms with Crippen LogP contribution in [0.2, 0.25) is 5.02 Å². The molecule has 0 saturated heterocycles. The Hall–Kier alpha value is -1.16. The van der Waals surface area contributed by atoms with Crippen LogP contribution in [0, 0.1) is 11.8 Å². The molecule has 0 radical (unpaired) electrons. The summed E-state index contributed by atoms with van der Waals surface area (Å²) in [5, 5.41) is 0.762. The van der Waals surface area contributed by atoms with Crippen LogP contribution in [0.15, 0.2) is 54.6 Å². The molecule has 25 heavy (non-hydrogen) atoms. The molecule has 3 rings (SSSR count). The highest BCUT2D eigenvalue weighted by Crippen LogP contribution is 2.37. The lowest BCUT2D eigenvalue weighted by molar-refractivity contribution is -0.123. The van der Waals surface area contributed by atoms with Crippen LogP contribution in [0.1, 0.15) is 24.0 Å². The van der Waals surface area contributed by atoms with E-state index in [1.54, 1.807) is 0 Å². The first-order valence-electron chi connectivity index (χ1n) is 8.66.